The number of hydrogen-bond donors (Lipinski definition) is 3. The molecule has 2 aromatic rings. The van der Waals surface area contributed by atoms with E-state index in [2.05, 4.69) is 10.0 Å². The normalized spacial score (nSPS) is 16.7. The number of benzene rings is 2. The second-order valence-electron chi connectivity index (χ2n) is 7.82. The first-order chi connectivity index (χ1) is 15.4. The molecule has 32 heavy (non-hydrogen) atoms. The third kappa shape index (κ3) is 5.50. The molecule has 1 unspecified atom stereocenters. The molecule has 0 radical (unpaired) electrons. The van der Waals surface area contributed by atoms with Gasteiger partial charge in [0.15, 0.2) is 11.5 Å². The van der Waals surface area contributed by atoms with Gasteiger partial charge in [0.1, 0.15) is 18.5 Å². The fourth-order valence-corrected chi connectivity index (χ4v) is 5.02. The predicted molar refractivity (Wildman–Crippen MR) is 115 cm³/mol. The number of carbonyl (C=O) groups excluding carboxylic acids is 1. The van der Waals surface area contributed by atoms with E-state index in [9.17, 15) is 18.3 Å². The zero-order valence-electron chi connectivity index (χ0n) is 17.5. The summed E-state index contributed by atoms with van der Waals surface area (Å²) in [7, 11) is -3.69. The molecule has 3 N–H and O–H groups in total. The van der Waals surface area contributed by atoms with Gasteiger partial charge in [-0.25, -0.2) is 13.1 Å². The summed E-state index contributed by atoms with van der Waals surface area (Å²) in [6.45, 7) is 0.0624. The number of ether oxygens (including phenoxy) is 3. The van der Waals surface area contributed by atoms with E-state index in [1.165, 1.54) is 24.3 Å². The minimum absolute atomic E-state index is 0.0420. The van der Waals surface area contributed by atoms with Gasteiger partial charge in [-0.2, -0.15) is 0 Å². The second kappa shape index (κ2) is 9.76. The number of aliphatic hydroxyl groups excluding tert-OH is 1. The zero-order chi connectivity index (χ0) is 22.6. The molecule has 1 aliphatic heterocycles. The van der Waals surface area contributed by atoms with Crippen molar-refractivity contribution in [3.05, 3.63) is 48.0 Å². The standard InChI is InChI=1S/C22H26N2O7S/c25-17(13-29-18-8-9-20-21(11-18)31-14-30-20)12-23-22(26)15-4-3-7-19(10-15)32(27,28)24-16-5-1-2-6-16/h3-4,7-11,16-17,24-25H,1-2,5-6,12-14H2,(H,23,26). The lowest BCUT2D eigenvalue weighted by Crippen LogP contribution is -2.35. The third-order valence-electron chi connectivity index (χ3n) is 5.37. The van der Waals surface area contributed by atoms with E-state index in [0.717, 1.165) is 25.7 Å². The van der Waals surface area contributed by atoms with Crippen molar-refractivity contribution in [1.82, 2.24) is 10.0 Å². The van der Waals surface area contributed by atoms with Gasteiger partial charge >= 0.3 is 0 Å². The Hall–Kier alpha value is -2.82. The van der Waals surface area contributed by atoms with Crippen LogP contribution < -0.4 is 24.2 Å². The van der Waals surface area contributed by atoms with Crippen LogP contribution in [0.25, 0.3) is 0 Å². The molecule has 0 saturated heterocycles. The highest BCUT2D eigenvalue weighted by molar-refractivity contribution is 7.89. The van der Waals surface area contributed by atoms with Crippen LogP contribution in [0.4, 0.5) is 0 Å². The van der Waals surface area contributed by atoms with Gasteiger partial charge in [0.2, 0.25) is 16.8 Å². The summed E-state index contributed by atoms with van der Waals surface area (Å²) in [5, 5.41) is 12.7. The summed E-state index contributed by atoms with van der Waals surface area (Å²) in [5.74, 6) is 1.23. The summed E-state index contributed by atoms with van der Waals surface area (Å²) in [6.07, 6.45) is 2.71. The monoisotopic (exact) mass is 462 g/mol. The smallest absolute Gasteiger partial charge is 0.251 e. The number of carbonyl (C=O) groups is 1. The van der Waals surface area contributed by atoms with Crippen molar-refractivity contribution in [3.63, 3.8) is 0 Å². The Balaban J connectivity index is 1.28. The number of nitrogens with one attached hydrogen (secondary N) is 2. The highest BCUT2D eigenvalue weighted by atomic mass is 32.2. The Kier molecular flexibility index (Phi) is 6.83. The van der Waals surface area contributed by atoms with Crippen molar-refractivity contribution in [2.75, 3.05) is 19.9 Å². The number of sulfonamides is 1. The second-order valence-corrected chi connectivity index (χ2v) is 9.53. The van der Waals surface area contributed by atoms with Crippen LogP contribution in [0.3, 0.4) is 0 Å². The number of amides is 1. The number of hydrogen-bond acceptors (Lipinski definition) is 7. The van der Waals surface area contributed by atoms with Gasteiger partial charge in [-0.15, -0.1) is 0 Å². The average molecular weight is 463 g/mol. The van der Waals surface area contributed by atoms with Gasteiger partial charge < -0.3 is 24.6 Å². The van der Waals surface area contributed by atoms with Crippen molar-refractivity contribution in [3.8, 4) is 17.2 Å². The summed E-state index contributed by atoms with van der Waals surface area (Å²) in [6, 6.07) is 10.9. The highest BCUT2D eigenvalue weighted by Crippen LogP contribution is 2.35. The van der Waals surface area contributed by atoms with Crippen LogP contribution in [0.5, 0.6) is 17.2 Å². The number of rotatable bonds is 9. The van der Waals surface area contributed by atoms with Gasteiger partial charge in [0.05, 0.1) is 4.90 Å². The van der Waals surface area contributed by atoms with Crippen molar-refractivity contribution >= 4 is 15.9 Å². The molecule has 9 nitrogen and oxygen atoms in total. The summed E-state index contributed by atoms with van der Waals surface area (Å²) in [4.78, 5) is 12.5. The first-order valence-electron chi connectivity index (χ1n) is 10.5. The minimum atomic E-state index is -3.69. The summed E-state index contributed by atoms with van der Waals surface area (Å²) >= 11 is 0. The predicted octanol–water partition coefficient (Wildman–Crippen LogP) is 1.81. The van der Waals surface area contributed by atoms with Gasteiger partial charge in [-0.3, -0.25) is 4.79 Å². The summed E-state index contributed by atoms with van der Waals surface area (Å²) in [5.41, 5.74) is 0.197. The van der Waals surface area contributed by atoms with Crippen LogP contribution in [0, 0.1) is 0 Å². The molecule has 0 bridgehead atoms. The molecule has 1 saturated carbocycles. The van der Waals surface area contributed by atoms with Gasteiger partial charge in [0, 0.05) is 24.2 Å². The molecule has 4 rings (SSSR count). The molecule has 2 aliphatic rings. The highest BCUT2D eigenvalue weighted by Gasteiger charge is 2.23. The lowest BCUT2D eigenvalue weighted by molar-refractivity contribution is 0.0843. The molecular weight excluding hydrogens is 436 g/mol. The first kappa shape index (κ1) is 22.4. The Morgan fingerprint density at radius 3 is 2.72 bits per heavy atom. The Labute approximate surface area is 186 Å². The van der Waals surface area contributed by atoms with E-state index in [4.69, 9.17) is 14.2 Å². The third-order valence-corrected chi connectivity index (χ3v) is 6.89. The molecule has 1 heterocycles. The molecule has 2 aromatic carbocycles. The SMILES string of the molecule is O=C(NCC(O)COc1ccc2c(c1)OCO2)c1cccc(S(=O)(=O)NC2CCCC2)c1. The van der Waals surface area contributed by atoms with E-state index < -0.39 is 22.0 Å². The minimum Gasteiger partial charge on any atom is -0.491 e. The van der Waals surface area contributed by atoms with E-state index in [0.29, 0.717) is 17.2 Å². The fraction of sp³-hybridized carbons (Fsp3) is 0.409. The maximum Gasteiger partial charge on any atom is 0.251 e. The largest absolute Gasteiger partial charge is 0.491 e. The first-order valence-corrected chi connectivity index (χ1v) is 12.0. The lowest BCUT2D eigenvalue weighted by atomic mass is 10.2. The maximum absolute atomic E-state index is 12.6. The van der Waals surface area contributed by atoms with Gasteiger partial charge in [-0.1, -0.05) is 18.9 Å². The van der Waals surface area contributed by atoms with Crippen LogP contribution in [0.2, 0.25) is 0 Å². The van der Waals surface area contributed by atoms with E-state index >= 15 is 0 Å². The Morgan fingerprint density at radius 1 is 1.12 bits per heavy atom. The van der Waals surface area contributed by atoms with Gasteiger partial charge in [-0.05, 0) is 43.2 Å². The van der Waals surface area contributed by atoms with Crippen molar-refractivity contribution in [2.45, 2.75) is 42.7 Å². The molecule has 0 spiro atoms. The molecule has 1 atom stereocenters. The van der Waals surface area contributed by atoms with E-state index in [1.54, 1.807) is 18.2 Å². The maximum atomic E-state index is 12.6. The molecule has 0 aromatic heterocycles. The van der Waals surface area contributed by atoms with Crippen LogP contribution in [0.15, 0.2) is 47.4 Å². The molecule has 1 amide bonds. The zero-order valence-corrected chi connectivity index (χ0v) is 18.3. The average Bonchev–Trinajstić information content (AvgIpc) is 3.47. The van der Waals surface area contributed by atoms with Crippen molar-refractivity contribution in [1.29, 1.82) is 0 Å². The van der Waals surface area contributed by atoms with E-state index in [-0.39, 0.29) is 36.4 Å². The molecule has 1 aliphatic carbocycles. The van der Waals surface area contributed by atoms with Crippen molar-refractivity contribution < 1.29 is 32.5 Å². The topological polar surface area (TPSA) is 123 Å². The molecule has 1 fully saturated rings. The van der Waals surface area contributed by atoms with E-state index in [1.807, 2.05) is 0 Å². The van der Waals surface area contributed by atoms with Crippen LogP contribution >= 0.6 is 0 Å². The summed E-state index contributed by atoms with van der Waals surface area (Å²) < 4.78 is 44.0. The van der Waals surface area contributed by atoms with Crippen molar-refractivity contribution in [2.24, 2.45) is 0 Å². The number of fused-ring (bicyclic) bond motifs is 1. The quantitative estimate of drug-likeness (QED) is 0.519. The molecular formula is C22H26N2O7S. The molecule has 10 heteroatoms. The number of aliphatic hydroxyl groups is 1. The van der Waals surface area contributed by atoms with Crippen LogP contribution in [-0.2, 0) is 10.0 Å². The fourth-order valence-electron chi connectivity index (χ4n) is 3.67. The Morgan fingerprint density at radius 2 is 1.91 bits per heavy atom. The van der Waals surface area contributed by atoms with Gasteiger partial charge in [0.25, 0.3) is 5.91 Å². The lowest BCUT2D eigenvalue weighted by Gasteiger charge is -2.15. The van der Waals surface area contributed by atoms with Crippen LogP contribution in [-0.4, -0.2) is 51.5 Å². The van der Waals surface area contributed by atoms with Crippen LogP contribution in [0.1, 0.15) is 36.0 Å². The Bertz CT molecular complexity index is 1070. The molecule has 172 valence electrons.